The molecule has 0 aromatic heterocycles. The number of hydrogen-bond donors (Lipinski definition) is 1. The van der Waals surface area contributed by atoms with E-state index in [1.807, 2.05) is 0 Å². The van der Waals surface area contributed by atoms with Crippen molar-refractivity contribution < 1.29 is 0 Å². The standard InChI is InChI=1S/C10H18N/c1-7-4-9-5-8(6-11-9)10(7,2)3/h7,9,11H,4-6H2,1-3H3. The van der Waals surface area contributed by atoms with Crippen molar-refractivity contribution >= 4 is 0 Å². The number of rotatable bonds is 0. The Kier molecular flexibility index (Phi) is 1.54. The van der Waals surface area contributed by atoms with E-state index >= 15 is 0 Å². The summed E-state index contributed by atoms with van der Waals surface area (Å²) in [5.41, 5.74) is 0.500. The van der Waals surface area contributed by atoms with Crippen molar-refractivity contribution in [2.75, 3.05) is 6.54 Å². The van der Waals surface area contributed by atoms with E-state index in [1.54, 1.807) is 5.92 Å². The Morgan fingerprint density at radius 1 is 1.45 bits per heavy atom. The van der Waals surface area contributed by atoms with E-state index in [4.69, 9.17) is 0 Å². The van der Waals surface area contributed by atoms with Crippen LogP contribution >= 0.6 is 0 Å². The molecule has 1 aliphatic carbocycles. The van der Waals surface area contributed by atoms with Gasteiger partial charge in [0.2, 0.25) is 0 Å². The topological polar surface area (TPSA) is 12.0 Å². The van der Waals surface area contributed by atoms with Gasteiger partial charge in [-0.15, -0.1) is 0 Å². The largest absolute Gasteiger partial charge is 0.313 e. The van der Waals surface area contributed by atoms with Crippen molar-refractivity contribution in [2.24, 2.45) is 11.3 Å². The van der Waals surface area contributed by atoms with E-state index < -0.39 is 0 Å². The van der Waals surface area contributed by atoms with Gasteiger partial charge in [0.1, 0.15) is 0 Å². The molecule has 1 aliphatic heterocycles. The zero-order chi connectivity index (χ0) is 8.06. The molecule has 1 saturated heterocycles. The van der Waals surface area contributed by atoms with E-state index in [0.29, 0.717) is 5.41 Å². The highest BCUT2D eigenvalue weighted by atomic mass is 15.0. The average molecular weight is 152 g/mol. The fourth-order valence-corrected chi connectivity index (χ4v) is 2.44. The van der Waals surface area contributed by atoms with Crippen LogP contribution in [-0.4, -0.2) is 12.6 Å². The lowest BCUT2D eigenvalue weighted by Crippen LogP contribution is -2.35. The first-order valence-electron chi connectivity index (χ1n) is 4.69. The second kappa shape index (κ2) is 2.22. The third-order valence-corrected chi connectivity index (χ3v) is 3.88. The molecule has 1 nitrogen and oxygen atoms in total. The van der Waals surface area contributed by atoms with Crippen molar-refractivity contribution in [3.05, 3.63) is 5.92 Å². The van der Waals surface area contributed by atoms with Crippen LogP contribution in [0.5, 0.6) is 0 Å². The fourth-order valence-electron chi connectivity index (χ4n) is 2.44. The normalized spacial score (nSPS) is 42.8. The van der Waals surface area contributed by atoms with E-state index in [-0.39, 0.29) is 0 Å². The maximum absolute atomic E-state index is 3.57. The molecule has 1 radical (unpaired) electrons. The fraction of sp³-hybridized carbons (Fsp3) is 0.900. The molecular weight excluding hydrogens is 134 g/mol. The van der Waals surface area contributed by atoms with E-state index in [1.165, 1.54) is 19.4 Å². The lowest BCUT2D eigenvalue weighted by molar-refractivity contribution is 0.193. The summed E-state index contributed by atoms with van der Waals surface area (Å²) >= 11 is 0. The molecule has 0 aromatic carbocycles. The lowest BCUT2D eigenvalue weighted by Gasteiger charge is -2.40. The molecule has 1 heteroatoms. The average Bonchev–Trinajstić information content (AvgIpc) is 2.31. The highest BCUT2D eigenvalue weighted by molar-refractivity contribution is 5.17. The van der Waals surface area contributed by atoms with E-state index in [2.05, 4.69) is 26.1 Å². The Bertz CT molecular complexity index is 162. The van der Waals surface area contributed by atoms with E-state index in [0.717, 1.165) is 12.0 Å². The summed E-state index contributed by atoms with van der Waals surface area (Å²) in [4.78, 5) is 0. The summed E-state index contributed by atoms with van der Waals surface area (Å²) in [6.45, 7) is 8.37. The smallest absolute Gasteiger partial charge is 0.00762 e. The van der Waals surface area contributed by atoms with Gasteiger partial charge in [-0.1, -0.05) is 20.8 Å². The maximum atomic E-state index is 3.57. The molecule has 2 bridgehead atoms. The summed E-state index contributed by atoms with van der Waals surface area (Å²) < 4.78 is 0. The molecule has 2 atom stereocenters. The van der Waals surface area contributed by atoms with Crippen LogP contribution in [0, 0.1) is 17.3 Å². The lowest BCUT2D eigenvalue weighted by atomic mass is 9.64. The van der Waals surface area contributed by atoms with Crippen molar-refractivity contribution in [3.8, 4) is 0 Å². The molecule has 1 heterocycles. The first-order valence-corrected chi connectivity index (χ1v) is 4.69. The minimum atomic E-state index is 0.500. The molecule has 1 saturated carbocycles. The molecule has 2 rings (SSSR count). The van der Waals surface area contributed by atoms with Gasteiger partial charge in [0.15, 0.2) is 0 Å². The molecule has 0 amide bonds. The van der Waals surface area contributed by atoms with Crippen LogP contribution in [0.3, 0.4) is 0 Å². The second-order valence-corrected chi connectivity index (χ2v) is 4.74. The van der Waals surface area contributed by atoms with Gasteiger partial charge >= 0.3 is 0 Å². The Hall–Kier alpha value is -0.0400. The van der Waals surface area contributed by atoms with Gasteiger partial charge in [-0.2, -0.15) is 0 Å². The van der Waals surface area contributed by atoms with Crippen LogP contribution in [0.4, 0.5) is 0 Å². The van der Waals surface area contributed by atoms with Gasteiger partial charge in [-0.3, -0.25) is 0 Å². The molecule has 11 heavy (non-hydrogen) atoms. The Morgan fingerprint density at radius 3 is 2.91 bits per heavy atom. The van der Waals surface area contributed by atoms with E-state index in [9.17, 15) is 0 Å². The van der Waals surface area contributed by atoms with Crippen molar-refractivity contribution in [2.45, 2.75) is 39.7 Å². The van der Waals surface area contributed by atoms with Crippen molar-refractivity contribution in [1.29, 1.82) is 0 Å². The zero-order valence-corrected chi connectivity index (χ0v) is 7.78. The van der Waals surface area contributed by atoms with Gasteiger partial charge in [0.05, 0.1) is 0 Å². The molecule has 2 fully saturated rings. The predicted octanol–water partition coefficient (Wildman–Crippen LogP) is 1.99. The van der Waals surface area contributed by atoms with Crippen LogP contribution in [0.25, 0.3) is 0 Å². The third kappa shape index (κ3) is 1.01. The van der Waals surface area contributed by atoms with Crippen LogP contribution in [-0.2, 0) is 0 Å². The monoisotopic (exact) mass is 152 g/mol. The second-order valence-electron chi connectivity index (χ2n) is 4.74. The summed E-state index contributed by atoms with van der Waals surface area (Å²) in [5, 5.41) is 3.57. The van der Waals surface area contributed by atoms with Gasteiger partial charge in [-0.25, -0.2) is 0 Å². The van der Waals surface area contributed by atoms with Crippen molar-refractivity contribution in [1.82, 2.24) is 5.32 Å². The van der Waals surface area contributed by atoms with Gasteiger partial charge in [0.25, 0.3) is 0 Å². The molecular formula is C10H18N. The Balaban J connectivity index is 2.20. The summed E-state index contributed by atoms with van der Waals surface area (Å²) in [6, 6.07) is 0.813. The minimum absolute atomic E-state index is 0.500. The van der Waals surface area contributed by atoms with Crippen LogP contribution < -0.4 is 5.32 Å². The van der Waals surface area contributed by atoms with Gasteiger partial charge in [0, 0.05) is 12.6 Å². The molecule has 63 valence electrons. The first-order chi connectivity index (χ1) is 5.10. The number of fused-ring (bicyclic) bond motifs is 2. The molecule has 2 unspecified atom stereocenters. The van der Waals surface area contributed by atoms with Gasteiger partial charge < -0.3 is 5.32 Å². The summed E-state index contributed by atoms with van der Waals surface area (Å²) in [5.74, 6) is 2.62. The number of nitrogens with one attached hydrogen (secondary N) is 1. The Labute approximate surface area is 69.6 Å². The zero-order valence-electron chi connectivity index (χ0n) is 7.78. The van der Waals surface area contributed by atoms with Crippen molar-refractivity contribution in [3.63, 3.8) is 0 Å². The molecule has 2 aliphatic rings. The molecule has 1 N–H and O–H groups in total. The quantitative estimate of drug-likeness (QED) is 0.559. The van der Waals surface area contributed by atoms with Gasteiger partial charge in [-0.05, 0) is 30.1 Å². The maximum Gasteiger partial charge on any atom is 0.00762 e. The highest BCUT2D eigenvalue weighted by Gasteiger charge is 2.45. The molecule has 0 aromatic rings. The minimum Gasteiger partial charge on any atom is -0.313 e. The Morgan fingerprint density at radius 2 is 2.18 bits per heavy atom. The van der Waals surface area contributed by atoms with Crippen LogP contribution in [0.15, 0.2) is 0 Å². The predicted molar refractivity (Wildman–Crippen MR) is 47.2 cm³/mol. The first kappa shape index (κ1) is 7.60. The molecule has 0 spiro atoms. The third-order valence-electron chi connectivity index (χ3n) is 3.88. The SMILES string of the molecule is CC1CC2C[C](CN2)C1(C)C. The van der Waals surface area contributed by atoms with Crippen LogP contribution in [0.1, 0.15) is 33.6 Å². The summed E-state index contributed by atoms with van der Waals surface area (Å²) in [7, 11) is 0. The summed E-state index contributed by atoms with van der Waals surface area (Å²) in [6.07, 6.45) is 2.72. The highest BCUT2D eigenvalue weighted by Crippen LogP contribution is 2.48. The van der Waals surface area contributed by atoms with Crippen LogP contribution in [0.2, 0.25) is 0 Å². The number of hydrogen-bond acceptors (Lipinski definition) is 1.